The Balaban J connectivity index is 2.52. The van der Waals surface area contributed by atoms with E-state index in [2.05, 4.69) is 15.3 Å². The van der Waals surface area contributed by atoms with E-state index in [1.165, 1.54) is 12.3 Å². The molecule has 0 bridgehead atoms. The highest BCUT2D eigenvalue weighted by Crippen LogP contribution is 2.33. The van der Waals surface area contributed by atoms with E-state index in [9.17, 15) is 17.6 Å². The van der Waals surface area contributed by atoms with Gasteiger partial charge in [-0.1, -0.05) is 6.07 Å². The van der Waals surface area contributed by atoms with Gasteiger partial charge in [-0.3, -0.25) is 0 Å². The van der Waals surface area contributed by atoms with E-state index in [0.29, 0.717) is 23.3 Å². The molecule has 0 spiro atoms. The molecule has 0 fully saturated rings. The third-order valence-corrected chi connectivity index (χ3v) is 2.74. The summed E-state index contributed by atoms with van der Waals surface area (Å²) in [6.45, 7) is 1.70. The lowest BCUT2D eigenvalue weighted by Gasteiger charge is -2.11. The molecule has 3 nitrogen and oxygen atoms in total. The summed E-state index contributed by atoms with van der Waals surface area (Å²) in [5.74, 6) is -1.01. The number of nitrogens with zero attached hydrogens (tertiary/aromatic N) is 2. The first-order valence-electron chi connectivity index (χ1n) is 5.71. The SMILES string of the molecule is CNc1ncc(C)c(-c2ccc(C(F)(F)F)c(F)c2)n1. The maximum absolute atomic E-state index is 13.6. The number of rotatable bonds is 2. The molecule has 1 heterocycles. The molecule has 0 unspecified atom stereocenters. The molecular formula is C13H11F4N3. The Hall–Kier alpha value is -2.18. The fraction of sp³-hybridized carbons (Fsp3) is 0.231. The topological polar surface area (TPSA) is 37.8 Å². The molecule has 0 amide bonds. The molecule has 0 aliphatic rings. The van der Waals surface area contributed by atoms with Crippen molar-refractivity contribution < 1.29 is 17.6 Å². The minimum absolute atomic E-state index is 0.270. The third-order valence-electron chi connectivity index (χ3n) is 2.74. The van der Waals surface area contributed by atoms with E-state index in [1.54, 1.807) is 14.0 Å². The van der Waals surface area contributed by atoms with Crippen molar-refractivity contribution in [3.63, 3.8) is 0 Å². The van der Waals surface area contributed by atoms with Crippen LogP contribution >= 0.6 is 0 Å². The average Bonchev–Trinajstić information content (AvgIpc) is 2.37. The highest BCUT2D eigenvalue weighted by Gasteiger charge is 2.34. The fourth-order valence-electron chi connectivity index (χ4n) is 1.75. The zero-order valence-electron chi connectivity index (χ0n) is 10.7. The molecule has 0 aliphatic heterocycles. The first-order valence-corrected chi connectivity index (χ1v) is 5.71. The number of aromatic nitrogens is 2. The van der Waals surface area contributed by atoms with Gasteiger partial charge in [0.1, 0.15) is 5.82 Å². The molecule has 20 heavy (non-hydrogen) atoms. The van der Waals surface area contributed by atoms with Crippen LogP contribution in [0.25, 0.3) is 11.3 Å². The number of aryl methyl sites for hydroxylation is 1. The van der Waals surface area contributed by atoms with Gasteiger partial charge in [0, 0.05) is 18.8 Å². The standard InChI is InChI=1S/C13H11F4N3/c1-7-6-19-12(18-2)20-11(7)8-3-4-9(10(14)5-8)13(15,16)17/h3-6H,1-2H3,(H,18,19,20). The molecule has 106 valence electrons. The van der Waals surface area contributed by atoms with Gasteiger partial charge in [0.25, 0.3) is 0 Å². The van der Waals surface area contributed by atoms with Gasteiger partial charge in [-0.05, 0) is 24.6 Å². The quantitative estimate of drug-likeness (QED) is 0.856. The molecule has 1 N–H and O–H groups in total. The molecule has 0 saturated carbocycles. The predicted octanol–water partition coefficient (Wildman–Crippen LogP) is 3.65. The summed E-state index contributed by atoms with van der Waals surface area (Å²) < 4.78 is 51.1. The van der Waals surface area contributed by atoms with Crippen molar-refractivity contribution in [1.29, 1.82) is 0 Å². The number of anilines is 1. The lowest BCUT2D eigenvalue weighted by Crippen LogP contribution is -2.08. The number of halogens is 4. The summed E-state index contributed by atoms with van der Waals surface area (Å²) in [4.78, 5) is 8.09. The first kappa shape index (κ1) is 14.2. The smallest absolute Gasteiger partial charge is 0.357 e. The fourth-order valence-corrected chi connectivity index (χ4v) is 1.75. The predicted molar refractivity (Wildman–Crippen MR) is 66.7 cm³/mol. The number of nitrogens with one attached hydrogen (secondary N) is 1. The van der Waals surface area contributed by atoms with Crippen molar-refractivity contribution in [2.75, 3.05) is 12.4 Å². The number of hydrogen-bond acceptors (Lipinski definition) is 3. The van der Waals surface area contributed by atoms with E-state index in [0.717, 1.165) is 6.07 Å². The second kappa shape index (κ2) is 5.07. The van der Waals surface area contributed by atoms with Crippen molar-refractivity contribution in [1.82, 2.24) is 9.97 Å². The maximum Gasteiger partial charge on any atom is 0.419 e. The molecule has 0 saturated heterocycles. The van der Waals surface area contributed by atoms with E-state index >= 15 is 0 Å². The highest BCUT2D eigenvalue weighted by molar-refractivity contribution is 5.64. The Kier molecular flexibility index (Phi) is 3.61. The Morgan fingerprint density at radius 2 is 1.90 bits per heavy atom. The zero-order chi connectivity index (χ0) is 14.9. The van der Waals surface area contributed by atoms with Crippen LogP contribution in [0.15, 0.2) is 24.4 Å². The van der Waals surface area contributed by atoms with E-state index in [4.69, 9.17) is 0 Å². The molecular weight excluding hydrogens is 274 g/mol. The monoisotopic (exact) mass is 285 g/mol. The Morgan fingerprint density at radius 3 is 2.45 bits per heavy atom. The lowest BCUT2D eigenvalue weighted by atomic mass is 10.1. The van der Waals surface area contributed by atoms with Crippen LogP contribution in [-0.4, -0.2) is 17.0 Å². The van der Waals surface area contributed by atoms with Crippen LogP contribution in [0.2, 0.25) is 0 Å². The van der Waals surface area contributed by atoms with Crippen LogP contribution in [0.4, 0.5) is 23.5 Å². The Morgan fingerprint density at radius 1 is 1.20 bits per heavy atom. The van der Waals surface area contributed by atoms with Crippen LogP contribution in [0, 0.1) is 12.7 Å². The minimum atomic E-state index is -4.71. The Labute approximate surface area is 112 Å². The van der Waals surface area contributed by atoms with Crippen LogP contribution in [-0.2, 0) is 6.18 Å². The van der Waals surface area contributed by atoms with Crippen LogP contribution < -0.4 is 5.32 Å². The zero-order valence-corrected chi connectivity index (χ0v) is 10.7. The van der Waals surface area contributed by atoms with Gasteiger partial charge in [0.05, 0.1) is 11.3 Å². The normalized spacial score (nSPS) is 11.5. The first-order chi connectivity index (χ1) is 9.32. The molecule has 0 aliphatic carbocycles. The summed E-state index contributed by atoms with van der Waals surface area (Å²) in [6, 6.07) is 2.74. The van der Waals surface area contributed by atoms with Crippen molar-refractivity contribution in [2.24, 2.45) is 0 Å². The minimum Gasteiger partial charge on any atom is -0.357 e. The van der Waals surface area contributed by atoms with Crippen molar-refractivity contribution >= 4 is 5.95 Å². The van der Waals surface area contributed by atoms with Crippen molar-refractivity contribution in [3.05, 3.63) is 41.3 Å². The summed E-state index contributed by atoms with van der Waals surface area (Å²) in [7, 11) is 1.61. The largest absolute Gasteiger partial charge is 0.419 e. The lowest BCUT2D eigenvalue weighted by molar-refractivity contribution is -0.139. The van der Waals surface area contributed by atoms with Gasteiger partial charge < -0.3 is 5.32 Å². The van der Waals surface area contributed by atoms with Gasteiger partial charge >= 0.3 is 6.18 Å². The maximum atomic E-state index is 13.6. The van der Waals surface area contributed by atoms with Gasteiger partial charge in [-0.2, -0.15) is 13.2 Å². The molecule has 0 atom stereocenters. The van der Waals surface area contributed by atoms with Gasteiger partial charge in [0.2, 0.25) is 5.95 Å². The van der Waals surface area contributed by atoms with Crippen LogP contribution in [0.3, 0.4) is 0 Å². The molecule has 2 aromatic rings. The molecule has 0 radical (unpaired) electrons. The van der Waals surface area contributed by atoms with E-state index < -0.39 is 17.6 Å². The molecule has 1 aromatic carbocycles. The molecule has 2 rings (SSSR count). The summed E-state index contributed by atoms with van der Waals surface area (Å²) in [6.07, 6.45) is -3.19. The molecule has 1 aromatic heterocycles. The summed E-state index contributed by atoms with van der Waals surface area (Å²) >= 11 is 0. The highest BCUT2D eigenvalue weighted by atomic mass is 19.4. The summed E-state index contributed by atoms with van der Waals surface area (Å²) in [5.41, 5.74) is 0.00818. The Bertz CT molecular complexity index is 638. The number of alkyl halides is 3. The second-order valence-electron chi connectivity index (χ2n) is 4.17. The van der Waals surface area contributed by atoms with E-state index in [-0.39, 0.29) is 5.56 Å². The van der Waals surface area contributed by atoms with Crippen LogP contribution in [0.5, 0.6) is 0 Å². The second-order valence-corrected chi connectivity index (χ2v) is 4.17. The number of benzene rings is 1. The van der Waals surface area contributed by atoms with Crippen molar-refractivity contribution in [2.45, 2.75) is 13.1 Å². The van der Waals surface area contributed by atoms with Crippen molar-refractivity contribution in [3.8, 4) is 11.3 Å². The molecule has 7 heteroatoms. The van der Waals surface area contributed by atoms with Gasteiger partial charge in [-0.15, -0.1) is 0 Å². The van der Waals surface area contributed by atoms with Gasteiger partial charge in [0.15, 0.2) is 0 Å². The number of hydrogen-bond donors (Lipinski definition) is 1. The average molecular weight is 285 g/mol. The van der Waals surface area contributed by atoms with Gasteiger partial charge in [-0.25, -0.2) is 14.4 Å². The van der Waals surface area contributed by atoms with E-state index in [1.807, 2.05) is 0 Å². The summed E-state index contributed by atoms with van der Waals surface area (Å²) in [5, 5.41) is 2.72. The third kappa shape index (κ3) is 2.71. The van der Waals surface area contributed by atoms with Crippen LogP contribution in [0.1, 0.15) is 11.1 Å².